The highest BCUT2D eigenvalue weighted by molar-refractivity contribution is 5.56. The van der Waals surface area contributed by atoms with Gasteiger partial charge in [-0.1, -0.05) is 19.9 Å². The predicted octanol–water partition coefficient (Wildman–Crippen LogP) is 4.44. The third kappa shape index (κ3) is 4.92. The number of nitrogens with one attached hydrogen (secondary N) is 1. The second-order valence-electron chi connectivity index (χ2n) is 5.39. The molecule has 0 aliphatic carbocycles. The summed E-state index contributed by atoms with van der Waals surface area (Å²) in [4.78, 5) is 1.70. The standard InChI is InChI=1S/C16H25F3N2/c1-5-9-20-11-13-7-8-15(21(4)12(3)6-2)14(10-13)16(17,18)19/h7-8,10,12,20H,5-6,9,11H2,1-4H3. The summed E-state index contributed by atoms with van der Waals surface area (Å²) >= 11 is 0. The van der Waals surface area contributed by atoms with E-state index in [0.29, 0.717) is 12.1 Å². The molecule has 0 fully saturated rings. The smallest absolute Gasteiger partial charge is 0.371 e. The number of alkyl halides is 3. The Morgan fingerprint density at radius 1 is 1.24 bits per heavy atom. The molecular weight excluding hydrogens is 277 g/mol. The fourth-order valence-electron chi connectivity index (χ4n) is 2.15. The van der Waals surface area contributed by atoms with Gasteiger partial charge in [-0.2, -0.15) is 13.2 Å². The minimum atomic E-state index is -4.34. The molecule has 1 aromatic carbocycles. The van der Waals surface area contributed by atoms with Crippen molar-refractivity contribution in [2.75, 3.05) is 18.5 Å². The lowest BCUT2D eigenvalue weighted by Gasteiger charge is -2.29. The van der Waals surface area contributed by atoms with Crippen LogP contribution in [0.5, 0.6) is 0 Å². The van der Waals surface area contributed by atoms with Crippen LogP contribution in [0.15, 0.2) is 18.2 Å². The van der Waals surface area contributed by atoms with Gasteiger partial charge in [0.15, 0.2) is 0 Å². The first-order valence-electron chi connectivity index (χ1n) is 7.44. The van der Waals surface area contributed by atoms with E-state index in [1.54, 1.807) is 24.1 Å². The maximum atomic E-state index is 13.3. The molecule has 0 saturated heterocycles. The van der Waals surface area contributed by atoms with Crippen LogP contribution in [0.25, 0.3) is 0 Å². The van der Waals surface area contributed by atoms with E-state index in [1.807, 2.05) is 20.8 Å². The number of hydrogen-bond acceptors (Lipinski definition) is 2. The molecule has 0 bridgehead atoms. The average molecular weight is 302 g/mol. The van der Waals surface area contributed by atoms with Gasteiger partial charge >= 0.3 is 6.18 Å². The molecule has 0 aliphatic rings. The molecule has 0 saturated carbocycles. The molecular formula is C16H25F3N2. The maximum absolute atomic E-state index is 13.3. The maximum Gasteiger partial charge on any atom is 0.418 e. The van der Waals surface area contributed by atoms with Crippen molar-refractivity contribution < 1.29 is 13.2 Å². The lowest BCUT2D eigenvalue weighted by Crippen LogP contribution is -2.30. The summed E-state index contributed by atoms with van der Waals surface area (Å²) < 4.78 is 39.9. The van der Waals surface area contributed by atoms with Gasteiger partial charge in [-0.3, -0.25) is 0 Å². The summed E-state index contributed by atoms with van der Waals surface area (Å²) in [7, 11) is 1.72. The fraction of sp³-hybridized carbons (Fsp3) is 0.625. The van der Waals surface area contributed by atoms with E-state index in [-0.39, 0.29) is 11.7 Å². The van der Waals surface area contributed by atoms with E-state index in [0.717, 1.165) is 19.4 Å². The summed E-state index contributed by atoms with van der Waals surface area (Å²) in [6.45, 7) is 7.19. The number of hydrogen-bond donors (Lipinski definition) is 1. The molecule has 1 N–H and O–H groups in total. The van der Waals surface area contributed by atoms with Crippen LogP contribution in [0.3, 0.4) is 0 Å². The van der Waals surface area contributed by atoms with Gasteiger partial charge in [-0.25, -0.2) is 0 Å². The van der Waals surface area contributed by atoms with Crippen molar-refractivity contribution in [3.63, 3.8) is 0 Å². The Hall–Kier alpha value is -1.23. The third-order valence-corrected chi connectivity index (χ3v) is 3.75. The van der Waals surface area contributed by atoms with Crippen LogP contribution in [0.2, 0.25) is 0 Å². The van der Waals surface area contributed by atoms with Crippen molar-refractivity contribution in [1.82, 2.24) is 5.32 Å². The highest BCUT2D eigenvalue weighted by Crippen LogP contribution is 2.37. The van der Waals surface area contributed by atoms with E-state index in [4.69, 9.17) is 0 Å². The van der Waals surface area contributed by atoms with Crippen molar-refractivity contribution in [1.29, 1.82) is 0 Å². The minimum absolute atomic E-state index is 0.0650. The summed E-state index contributed by atoms with van der Waals surface area (Å²) in [6, 6.07) is 4.68. The second-order valence-corrected chi connectivity index (χ2v) is 5.39. The van der Waals surface area contributed by atoms with Gasteiger partial charge in [0.05, 0.1) is 5.56 Å². The quantitative estimate of drug-likeness (QED) is 0.749. The molecule has 2 nitrogen and oxygen atoms in total. The molecule has 21 heavy (non-hydrogen) atoms. The van der Waals surface area contributed by atoms with Crippen LogP contribution in [0.4, 0.5) is 18.9 Å². The monoisotopic (exact) mass is 302 g/mol. The van der Waals surface area contributed by atoms with E-state index in [9.17, 15) is 13.2 Å². The SMILES string of the molecule is CCCNCc1ccc(N(C)C(C)CC)c(C(F)(F)F)c1. The number of halogens is 3. The molecule has 1 aromatic rings. The normalized spacial score (nSPS) is 13.3. The minimum Gasteiger partial charge on any atom is -0.371 e. The van der Waals surface area contributed by atoms with Crippen molar-refractivity contribution in [3.8, 4) is 0 Å². The third-order valence-electron chi connectivity index (χ3n) is 3.75. The second kappa shape index (κ2) is 7.69. The Kier molecular flexibility index (Phi) is 6.52. The molecule has 0 amide bonds. The lowest BCUT2D eigenvalue weighted by molar-refractivity contribution is -0.137. The first-order chi connectivity index (χ1) is 9.81. The molecule has 120 valence electrons. The van der Waals surface area contributed by atoms with E-state index < -0.39 is 11.7 Å². The van der Waals surface area contributed by atoms with Gasteiger partial charge < -0.3 is 10.2 Å². The van der Waals surface area contributed by atoms with Crippen LogP contribution in [0.1, 0.15) is 44.7 Å². The Morgan fingerprint density at radius 2 is 1.90 bits per heavy atom. The lowest BCUT2D eigenvalue weighted by atomic mass is 10.1. The van der Waals surface area contributed by atoms with Crippen LogP contribution < -0.4 is 10.2 Å². The van der Waals surface area contributed by atoms with Gasteiger partial charge in [-0.05, 0) is 44.0 Å². The first kappa shape index (κ1) is 17.8. The molecule has 1 rings (SSSR count). The molecule has 0 aliphatic heterocycles. The summed E-state index contributed by atoms with van der Waals surface area (Å²) in [6.07, 6.45) is -2.58. The van der Waals surface area contributed by atoms with Crippen LogP contribution >= 0.6 is 0 Å². The molecule has 5 heteroatoms. The van der Waals surface area contributed by atoms with Crippen LogP contribution in [0, 0.1) is 0 Å². The number of rotatable bonds is 7. The first-order valence-corrected chi connectivity index (χ1v) is 7.44. The van der Waals surface area contributed by atoms with Crippen molar-refractivity contribution in [2.24, 2.45) is 0 Å². The Labute approximate surface area is 125 Å². The van der Waals surface area contributed by atoms with Gasteiger partial charge in [0.1, 0.15) is 0 Å². The van der Waals surface area contributed by atoms with E-state index in [1.165, 1.54) is 6.07 Å². The van der Waals surface area contributed by atoms with Crippen molar-refractivity contribution in [3.05, 3.63) is 29.3 Å². The predicted molar refractivity (Wildman–Crippen MR) is 81.6 cm³/mol. The average Bonchev–Trinajstić information content (AvgIpc) is 2.45. The van der Waals surface area contributed by atoms with Gasteiger partial charge in [-0.15, -0.1) is 0 Å². The largest absolute Gasteiger partial charge is 0.418 e. The molecule has 1 atom stereocenters. The number of anilines is 1. The molecule has 0 spiro atoms. The molecule has 1 unspecified atom stereocenters. The summed E-state index contributed by atoms with van der Waals surface area (Å²) in [5.41, 5.74) is 0.356. The highest BCUT2D eigenvalue weighted by Gasteiger charge is 2.35. The van der Waals surface area contributed by atoms with E-state index >= 15 is 0 Å². The van der Waals surface area contributed by atoms with Crippen molar-refractivity contribution >= 4 is 5.69 Å². The number of benzene rings is 1. The zero-order valence-electron chi connectivity index (χ0n) is 13.2. The zero-order chi connectivity index (χ0) is 16.0. The molecule has 0 radical (unpaired) electrons. The Bertz CT molecular complexity index is 444. The molecule has 0 heterocycles. The van der Waals surface area contributed by atoms with Gasteiger partial charge in [0.25, 0.3) is 0 Å². The molecule has 0 aromatic heterocycles. The van der Waals surface area contributed by atoms with Crippen LogP contribution in [-0.2, 0) is 12.7 Å². The topological polar surface area (TPSA) is 15.3 Å². The van der Waals surface area contributed by atoms with E-state index in [2.05, 4.69) is 5.32 Å². The fourth-order valence-corrected chi connectivity index (χ4v) is 2.15. The zero-order valence-corrected chi connectivity index (χ0v) is 13.2. The van der Waals surface area contributed by atoms with Crippen LogP contribution in [-0.4, -0.2) is 19.6 Å². The summed E-state index contributed by atoms with van der Waals surface area (Å²) in [5.74, 6) is 0. The van der Waals surface area contributed by atoms with Gasteiger partial charge in [0, 0.05) is 25.3 Å². The highest BCUT2D eigenvalue weighted by atomic mass is 19.4. The Morgan fingerprint density at radius 3 is 2.43 bits per heavy atom. The summed E-state index contributed by atoms with van der Waals surface area (Å²) in [5, 5.41) is 3.13. The Balaban J connectivity index is 3.08. The number of nitrogens with zero attached hydrogens (tertiary/aromatic N) is 1. The van der Waals surface area contributed by atoms with Crippen molar-refractivity contribution in [2.45, 2.75) is 52.4 Å². The van der Waals surface area contributed by atoms with Gasteiger partial charge in [0.2, 0.25) is 0 Å².